The molecule has 2 nitrogen and oxygen atoms in total. The lowest BCUT2D eigenvalue weighted by Crippen LogP contribution is -2.54. The first-order valence-electron chi connectivity index (χ1n) is 8.49. The average Bonchev–Trinajstić information content (AvgIpc) is 2.51. The van der Waals surface area contributed by atoms with Crippen LogP contribution < -0.4 is 5.32 Å². The predicted molar refractivity (Wildman–Crippen MR) is 77.0 cm³/mol. The zero-order valence-electron chi connectivity index (χ0n) is 12.5. The number of ether oxygens (including phenoxy) is 1. The summed E-state index contributed by atoms with van der Waals surface area (Å²) in [6, 6.07) is 0.610. The molecule has 1 saturated heterocycles. The third kappa shape index (κ3) is 2.06. The molecule has 19 heavy (non-hydrogen) atoms. The molecule has 0 radical (unpaired) electrons. The summed E-state index contributed by atoms with van der Waals surface area (Å²) >= 11 is 0. The predicted octanol–water partition coefficient (Wildman–Crippen LogP) is 3.22. The summed E-state index contributed by atoms with van der Waals surface area (Å²) in [5, 5.41) is 3.74. The highest BCUT2D eigenvalue weighted by Crippen LogP contribution is 2.61. The summed E-state index contributed by atoms with van der Waals surface area (Å²) in [6.07, 6.45) is 9.49. The lowest BCUT2D eigenvalue weighted by Gasteiger charge is -2.59. The Morgan fingerprint density at radius 1 is 0.947 bits per heavy atom. The Morgan fingerprint density at radius 2 is 1.53 bits per heavy atom. The molecule has 4 bridgehead atoms. The normalized spacial score (nSPS) is 57.2. The largest absolute Gasteiger partial charge is 0.376 e. The summed E-state index contributed by atoms with van der Waals surface area (Å²) in [5.74, 6) is 3.76. The van der Waals surface area contributed by atoms with Crippen LogP contribution in [0.2, 0.25) is 0 Å². The fourth-order valence-corrected chi connectivity index (χ4v) is 5.93. The minimum absolute atomic E-state index is 0.494. The molecule has 0 aromatic heterocycles. The van der Waals surface area contributed by atoms with E-state index in [2.05, 4.69) is 19.2 Å². The molecule has 0 spiro atoms. The van der Waals surface area contributed by atoms with E-state index in [-0.39, 0.29) is 0 Å². The van der Waals surface area contributed by atoms with Crippen molar-refractivity contribution in [3.05, 3.63) is 0 Å². The minimum atomic E-state index is 0.494. The summed E-state index contributed by atoms with van der Waals surface area (Å²) < 4.78 is 6.41. The van der Waals surface area contributed by atoms with E-state index in [1.165, 1.54) is 38.5 Å². The highest BCUT2D eigenvalue weighted by molar-refractivity contribution is 5.05. The maximum atomic E-state index is 6.41. The zero-order valence-corrected chi connectivity index (χ0v) is 12.5. The van der Waals surface area contributed by atoms with Crippen molar-refractivity contribution in [1.29, 1.82) is 0 Å². The molecule has 1 aliphatic heterocycles. The van der Waals surface area contributed by atoms with E-state index >= 15 is 0 Å². The monoisotopic (exact) mass is 263 g/mol. The molecule has 1 N–H and O–H groups in total. The number of nitrogens with one attached hydrogen (secondary N) is 1. The smallest absolute Gasteiger partial charge is 0.0756 e. The molecular formula is C17H29NO. The van der Waals surface area contributed by atoms with Gasteiger partial charge < -0.3 is 10.1 Å². The van der Waals surface area contributed by atoms with Crippen LogP contribution in [-0.2, 0) is 4.74 Å². The Hall–Kier alpha value is -0.0800. The van der Waals surface area contributed by atoms with Crippen molar-refractivity contribution in [2.75, 3.05) is 13.2 Å². The SMILES string of the molecule is CC1COC(C23CC4CC(CC(C4)C2)C3)CNC1C. The van der Waals surface area contributed by atoms with Crippen LogP contribution in [0.4, 0.5) is 0 Å². The van der Waals surface area contributed by atoms with Crippen molar-refractivity contribution >= 4 is 0 Å². The van der Waals surface area contributed by atoms with Gasteiger partial charge in [-0.1, -0.05) is 6.92 Å². The highest BCUT2D eigenvalue weighted by atomic mass is 16.5. The van der Waals surface area contributed by atoms with Crippen LogP contribution in [0.15, 0.2) is 0 Å². The molecule has 108 valence electrons. The molecule has 4 aliphatic carbocycles. The number of hydrogen-bond donors (Lipinski definition) is 1. The standard InChI is InChI=1S/C17H29NO/c1-11-10-19-16(9-18-12(11)2)17-6-13-3-14(7-17)5-15(4-13)8-17/h11-16,18H,3-10H2,1-2H3. The fraction of sp³-hybridized carbons (Fsp3) is 1.00. The Balaban J connectivity index is 1.55. The molecule has 5 fully saturated rings. The molecule has 4 saturated carbocycles. The van der Waals surface area contributed by atoms with E-state index in [0.29, 0.717) is 23.5 Å². The van der Waals surface area contributed by atoms with Crippen molar-refractivity contribution in [3.8, 4) is 0 Å². The second-order valence-electron chi connectivity index (χ2n) is 8.28. The van der Waals surface area contributed by atoms with Crippen LogP contribution in [0.3, 0.4) is 0 Å². The van der Waals surface area contributed by atoms with E-state index in [9.17, 15) is 0 Å². The van der Waals surface area contributed by atoms with Gasteiger partial charge in [-0.05, 0) is 74.5 Å². The Labute approximate surface area is 117 Å². The van der Waals surface area contributed by atoms with Crippen molar-refractivity contribution in [2.24, 2.45) is 29.1 Å². The zero-order chi connectivity index (χ0) is 13.0. The quantitative estimate of drug-likeness (QED) is 0.784. The van der Waals surface area contributed by atoms with Gasteiger partial charge in [0.25, 0.3) is 0 Å². The molecule has 5 aliphatic rings. The van der Waals surface area contributed by atoms with E-state index in [0.717, 1.165) is 30.9 Å². The Morgan fingerprint density at radius 3 is 2.11 bits per heavy atom. The van der Waals surface area contributed by atoms with E-state index in [1.807, 2.05) is 0 Å². The van der Waals surface area contributed by atoms with Gasteiger partial charge in [0.05, 0.1) is 12.7 Å². The first-order chi connectivity index (χ1) is 9.14. The minimum Gasteiger partial charge on any atom is -0.376 e. The van der Waals surface area contributed by atoms with Crippen LogP contribution in [0.25, 0.3) is 0 Å². The van der Waals surface area contributed by atoms with E-state index in [4.69, 9.17) is 4.74 Å². The van der Waals surface area contributed by atoms with Crippen molar-refractivity contribution in [3.63, 3.8) is 0 Å². The molecule has 5 rings (SSSR count). The van der Waals surface area contributed by atoms with E-state index in [1.54, 1.807) is 0 Å². The van der Waals surface area contributed by atoms with Gasteiger partial charge in [-0.25, -0.2) is 0 Å². The molecule has 3 atom stereocenters. The van der Waals surface area contributed by atoms with Gasteiger partial charge in [-0.15, -0.1) is 0 Å². The Bertz CT molecular complexity index is 306. The van der Waals surface area contributed by atoms with Gasteiger partial charge in [0.2, 0.25) is 0 Å². The van der Waals surface area contributed by atoms with E-state index < -0.39 is 0 Å². The summed E-state index contributed by atoms with van der Waals surface area (Å²) in [6.45, 7) is 6.69. The van der Waals surface area contributed by atoms with Gasteiger partial charge in [0.15, 0.2) is 0 Å². The van der Waals surface area contributed by atoms with Crippen LogP contribution in [-0.4, -0.2) is 25.3 Å². The third-order valence-electron chi connectivity index (χ3n) is 6.81. The third-order valence-corrected chi connectivity index (χ3v) is 6.81. The van der Waals surface area contributed by atoms with Crippen molar-refractivity contribution in [1.82, 2.24) is 5.32 Å². The van der Waals surface area contributed by atoms with Crippen molar-refractivity contribution < 1.29 is 4.74 Å². The maximum absolute atomic E-state index is 6.41. The lowest BCUT2D eigenvalue weighted by molar-refractivity contribution is -0.139. The van der Waals surface area contributed by atoms with Gasteiger partial charge in [0, 0.05) is 12.6 Å². The molecule has 1 heterocycles. The second kappa shape index (κ2) is 4.46. The highest BCUT2D eigenvalue weighted by Gasteiger charge is 2.54. The van der Waals surface area contributed by atoms with Gasteiger partial charge in [-0.3, -0.25) is 0 Å². The summed E-state index contributed by atoms with van der Waals surface area (Å²) in [4.78, 5) is 0. The first-order valence-corrected chi connectivity index (χ1v) is 8.49. The number of hydrogen-bond acceptors (Lipinski definition) is 2. The maximum Gasteiger partial charge on any atom is 0.0756 e. The van der Waals surface area contributed by atoms with Crippen LogP contribution >= 0.6 is 0 Å². The van der Waals surface area contributed by atoms with Crippen LogP contribution in [0, 0.1) is 29.1 Å². The van der Waals surface area contributed by atoms with Gasteiger partial charge >= 0.3 is 0 Å². The van der Waals surface area contributed by atoms with Gasteiger partial charge in [-0.2, -0.15) is 0 Å². The first kappa shape index (κ1) is 12.6. The lowest BCUT2D eigenvalue weighted by atomic mass is 9.48. The number of rotatable bonds is 1. The molecule has 0 aromatic carbocycles. The molecule has 3 unspecified atom stereocenters. The molecule has 2 heteroatoms. The topological polar surface area (TPSA) is 21.3 Å². The average molecular weight is 263 g/mol. The second-order valence-corrected chi connectivity index (χ2v) is 8.28. The van der Waals surface area contributed by atoms with Crippen LogP contribution in [0.1, 0.15) is 52.4 Å². The molecule has 0 amide bonds. The summed E-state index contributed by atoms with van der Waals surface area (Å²) in [5.41, 5.74) is 0.547. The molecular weight excluding hydrogens is 234 g/mol. The molecule has 0 aromatic rings. The fourth-order valence-electron chi connectivity index (χ4n) is 5.93. The Kier molecular flexibility index (Phi) is 2.97. The van der Waals surface area contributed by atoms with Crippen molar-refractivity contribution in [2.45, 2.75) is 64.5 Å². The van der Waals surface area contributed by atoms with Crippen LogP contribution in [0.5, 0.6) is 0 Å². The van der Waals surface area contributed by atoms with Gasteiger partial charge in [0.1, 0.15) is 0 Å². The summed E-state index contributed by atoms with van der Waals surface area (Å²) in [7, 11) is 0.